The van der Waals surface area contributed by atoms with Crippen molar-refractivity contribution in [3.8, 4) is 0 Å². The number of hydrogen-bond donors (Lipinski definition) is 1. The molecular formula is C14H26N2O. The van der Waals surface area contributed by atoms with Gasteiger partial charge in [0.1, 0.15) is 0 Å². The molecule has 0 aromatic carbocycles. The average Bonchev–Trinajstić information content (AvgIpc) is 2.91. The van der Waals surface area contributed by atoms with Crippen LogP contribution in [0.15, 0.2) is 0 Å². The van der Waals surface area contributed by atoms with Crippen LogP contribution in [0, 0.1) is 11.8 Å². The summed E-state index contributed by atoms with van der Waals surface area (Å²) in [5.41, 5.74) is 5.69. The van der Waals surface area contributed by atoms with Gasteiger partial charge in [-0.05, 0) is 51.0 Å². The molecule has 2 saturated carbocycles. The average molecular weight is 238 g/mol. The van der Waals surface area contributed by atoms with E-state index >= 15 is 0 Å². The van der Waals surface area contributed by atoms with Gasteiger partial charge in [0.2, 0.25) is 5.91 Å². The van der Waals surface area contributed by atoms with E-state index in [0.717, 1.165) is 32.2 Å². The lowest BCUT2D eigenvalue weighted by Crippen LogP contribution is -2.40. The summed E-state index contributed by atoms with van der Waals surface area (Å²) >= 11 is 0. The first kappa shape index (κ1) is 12.9. The summed E-state index contributed by atoms with van der Waals surface area (Å²) in [5, 5.41) is 0. The maximum atomic E-state index is 12.4. The van der Waals surface area contributed by atoms with E-state index in [1.54, 1.807) is 0 Å². The first-order chi connectivity index (χ1) is 8.22. The Morgan fingerprint density at radius 3 is 2.24 bits per heavy atom. The third kappa shape index (κ3) is 3.01. The normalized spacial score (nSPS) is 30.5. The lowest BCUT2D eigenvalue weighted by Gasteiger charge is -2.32. The van der Waals surface area contributed by atoms with Crippen molar-refractivity contribution >= 4 is 5.91 Å². The van der Waals surface area contributed by atoms with Gasteiger partial charge < -0.3 is 10.6 Å². The summed E-state index contributed by atoms with van der Waals surface area (Å²) in [6, 6.07) is 0.523. The van der Waals surface area contributed by atoms with Crippen molar-refractivity contribution in [2.24, 2.45) is 17.6 Å². The number of hydrogen-bond acceptors (Lipinski definition) is 2. The second-order valence-electron chi connectivity index (χ2n) is 5.84. The van der Waals surface area contributed by atoms with E-state index in [4.69, 9.17) is 5.73 Å². The van der Waals surface area contributed by atoms with E-state index in [0.29, 0.717) is 17.9 Å². The summed E-state index contributed by atoms with van der Waals surface area (Å²) in [5.74, 6) is 1.34. The molecule has 1 amide bonds. The topological polar surface area (TPSA) is 46.3 Å². The van der Waals surface area contributed by atoms with Crippen LogP contribution in [0.1, 0.15) is 51.4 Å². The summed E-state index contributed by atoms with van der Waals surface area (Å²) in [6.45, 7) is 0.791. The molecule has 0 unspecified atom stereocenters. The molecule has 0 aliphatic heterocycles. The monoisotopic (exact) mass is 238 g/mol. The van der Waals surface area contributed by atoms with Crippen LogP contribution in [0.2, 0.25) is 0 Å². The van der Waals surface area contributed by atoms with E-state index in [2.05, 4.69) is 0 Å². The van der Waals surface area contributed by atoms with E-state index in [1.807, 2.05) is 11.9 Å². The number of rotatable bonds is 3. The summed E-state index contributed by atoms with van der Waals surface area (Å²) < 4.78 is 0. The fourth-order valence-electron chi connectivity index (χ4n) is 3.40. The van der Waals surface area contributed by atoms with Gasteiger partial charge in [0, 0.05) is 19.0 Å². The van der Waals surface area contributed by atoms with Crippen LogP contribution < -0.4 is 5.73 Å². The van der Waals surface area contributed by atoms with Gasteiger partial charge in [-0.3, -0.25) is 4.79 Å². The molecule has 17 heavy (non-hydrogen) atoms. The van der Waals surface area contributed by atoms with Gasteiger partial charge in [-0.1, -0.05) is 12.8 Å². The van der Waals surface area contributed by atoms with Crippen molar-refractivity contribution in [2.75, 3.05) is 13.6 Å². The summed E-state index contributed by atoms with van der Waals surface area (Å²) in [4.78, 5) is 14.4. The minimum Gasteiger partial charge on any atom is -0.343 e. The van der Waals surface area contributed by atoms with Crippen molar-refractivity contribution in [3.05, 3.63) is 0 Å². The van der Waals surface area contributed by atoms with E-state index in [1.165, 1.54) is 25.7 Å². The Bertz CT molecular complexity index is 253. The fraction of sp³-hybridized carbons (Fsp3) is 0.929. The molecular weight excluding hydrogens is 212 g/mol. The van der Waals surface area contributed by atoms with Crippen LogP contribution in [0.5, 0.6) is 0 Å². The number of nitrogens with zero attached hydrogens (tertiary/aromatic N) is 1. The van der Waals surface area contributed by atoms with Crippen LogP contribution in [-0.4, -0.2) is 30.4 Å². The second-order valence-corrected chi connectivity index (χ2v) is 5.84. The molecule has 2 N–H and O–H groups in total. The SMILES string of the molecule is CN(C(=O)C1CCC(CN)CC1)C1CCCC1. The molecule has 0 aromatic rings. The van der Waals surface area contributed by atoms with Crippen LogP contribution in [0.3, 0.4) is 0 Å². The molecule has 2 aliphatic carbocycles. The Hall–Kier alpha value is -0.570. The van der Waals surface area contributed by atoms with Gasteiger partial charge in [0.25, 0.3) is 0 Å². The molecule has 2 aliphatic rings. The van der Waals surface area contributed by atoms with Gasteiger partial charge >= 0.3 is 0 Å². The Kier molecular flexibility index (Phi) is 4.43. The summed E-state index contributed by atoms with van der Waals surface area (Å²) in [7, 11) is 2.01. The number of carbonyl (C=O) groups is 1. The standard InChI is InChI=1S/C14H26N2O/c1-16(13-4-2-3-5-13)14(17)12-8-6-11(10-15)7-9-12/h11-13H,2-10,15H2,1H3. The molecule has 0 aromatic heterocycles. The Labute approximate surface area is 105 Å². The Morgan fingerprint density at radius 2 is 1.71 bits per heavy atom. The molecule has 0 heterocycles. The Morgan fingerprint density at radius 1 is 1.12 bits per heavy atom. The zero-order valence-electron chi connectivity index (χ0n) is 11.0. The zero-order valence-corrected chi connectivity index (χ0v) is 11.0. The third-order valence-corrected chi connectivity index (χ3v) is 4.75. The van der Waals surface area contributed by atoms with Crippen LogP contribution in [0.25, 0.3) is 0 Å². The second kappa shape index (κ2) is 5.85. The fourth-order valence-corrected chi connectivity index (χ4v) is 3.40. The van der Waals surface area contributed by atoms with E-state index in [-0.39, 0.29) is 5.92 Å². The van der Waals surface area contributed by atoms with Crippen LogP contribution >= 0.6 is 0 Å². The van der Waals surface area contributed by atoms with Gasteiger partial charge in [-0.2, -0.15) is 0 Å². The minimum atomic E-state index is 0.281. The highest BCUT2D eigenvalue weighted by Crippen LogP contribution is 2.31. The maximum Gasteiger partial charge on any atom is 0.225 e. The molecule has 98 valence electrons. The highest BCUT2D eigenvalue weighted by Gasteiger charge is 2.31. The quantitative estimate of drug-likeness (QED) is 0.819. The third-order valence-electron chi connectivity index (χ3n) is 4.75. The molecule has 3 heteroatoms. The summed E-state index contributed by atoms with van der Waals surface area (Å²) in [6.07, 6.45) is 9.40. The number of nitrogens with two attached hydrogens (primary N) is 1. The van der Waals surface area contributed by atoms with Crippen molar-refractivity contribution in [1.82, 2.24) is 4.90 Å². The van der Waals surface area contributed by atoms with Gasteiger partial charge in [-0.15, -0.1) is 0 Å². The molecule has 0 bridgehead atoms. The first-order valence-corrected chi connectivity index (χ1v) is 7.19. The zero-order chi connectivity index (χ0) is 12.3. The lowest BCUT2D eigenvalue weighted by molar-refractivity contribution is -0.137. The van der Waals surface area contributed by atoms with E-state index < -0.39 is 0 Å². The predicted molar refractivity (Wildman–Crippen MR) is 69.5 cm³/mol. The van der Waals surface area contributed by atoms with Crippen molar-refractivity contribution < 1.29 is 4.79 Å². The predicted octanol–water partition coefficient (Wildman–Crippen LogP) is 2.15. The smallest absolute Gasteiger partial charge is 0.225 e. The maximum absolute atomic E-state index is 12.4. The van der Waals surface area contributed by atoms with Crippen molar-refractivity contribution in [2.45, 2.75) is 57.4 Å². The van der Waals surface area contributed by atoms with E-state index in [9.17, 15) is 4.79 Å². The largest absolute Gasteiger partial charge is 0.343 e. The number of carbonyl (C=O) groups excluding carboxylic acids is 1. The molecule has 0 atom stereocenters. The van der Waals surface area contributed by atoms with Crippen molar-refractivity contribution in [3.63, 3.8) is 0 Å². The van der Waals surface area contributed by atoms with Crippen LogP contribution in [-0.2, 0) is 4.79 Å². The van der Waals surface area contributed by atoms with Gasteiger partial charge in [-0.25, -0.2) is 0 Å². The molecule has 3 nitrogen and oxygen atoms in total. The molecule has 0 saturated heterocycles. The highest BCUT2D eigenvalue weighted by atomic mass is 16.2. The first-order valence-electron chi connectivity index (χ1n) is 7.19. The van der Waals surface area contributed by atoms with Gasteiger partial charge in [0.15, 0.2) is 0 Å². The molecule has 2 fully saturated rings. The highest BCUT2D eigenvalue weighted by molar-refractivity contribution is 5.79. The molecule has 0 radical (unpaired) electrons. The van der Waals surface area contributed by atoms with Crippen molar-refractivity contribution in [1.29, 1.82) is 0 Å². The Balaban J connectivity index is 1.83. The van der Waals surface area contributed by atoms with Crippen LogP contribution in [0.4, 0.5) is 0 Å². The molecule has 2 rings (SSSR count). The van der Waals surface area contributed by atoms with Gasteiger partial charge in [0.05, 0.1) is 0 Å². The minimum absolute atomic E-state index is 0.281. The lowest BCUT2D eigenvalue weighted by atomic mass is 9.81. The number of amides is 1. The molecule has 0 spiro atoms.